The van der Waals surface area contributed by atoms with Gasteiger partial charge in [-0.3, -0.25) is 0 Å². The van der Waals surface area contributed by atoms with Gasteiger partial charge >= 0.3 is 0 Å². The van der Waals surface area contributed by atoms with E-state index in [1.54, 1.807) is 6.92 Å². The lowest BCUT2D eigenvalue weighted by Crippen LogP contribution is -2.45. The van der Waals surface area contributed by atoms with E-state index in [4.69, 9.17) is 0 Å². The Morgan fingerprint density at radius 3 is 2.28 bits per heavy atom. The Labute approximate surface area is 111 Å². The lowest BCUT2D eigenvalue weighted by atomic mass is 10.0. The molecular formula is C13H26N2O2S. The lowest BCUT2D eigenvalue weighted by molar-refractivity contribution is 0.421. The highest BCUT2D eigenvalue weighted by molar-refractivity contribution is 7.90. The fourth-order valence-electron chi connectivity index (χ4n) is 2.66. The molecule has 2 atom stereocenters. The number of sulfonamides is 1. The molecule has 2 aliphatic rings. The second-order valence-electron chi connectivity index (χ2n) is 5.99. The van der Waals surface area contributed by atoms with Crippen molar-refractivity contribution in [2.45, 2.75) is 69.7 Å². The minimum absolute atomic E-state index is 0.0841. The normalized spacial score (nSPS) is 25.2. The van der Waals surface area contributed by atoms with Crippen LogP contribution >= 0.6 is 0 Å². The summed E-state index contributed by atoms with van der Waals surface area (Å²) in [6.45, 7) is 4.37. The Morgan fingerprint density at radius 2 is 1.72 bits per heavy atom. The van der Waals surface area contributed by atoms with Gasteiger partial charge in [0, 0.05) is 18.6 Å². The first-order valence-corrected chi connectivity index (χ1v) is 8.78. The average Bonchev–Trinajstić information content (AvgIpc) is 2.96. The van der Waals surface area contributed by atoms with Gasteiger partial charge in [0.05, 0.1) is 5.25 Å². The summed E-state index contributed by atoms with van der Waals surface area (Å²) in [7, 11) is -3.18. The van der Waals surface area contributed by atoms with Crippen LogP contribution in [0.4, 0.5) is 0 Å². The Morgan fingerprint density at radius 1 is 1.11 bits per heavy atom. The first-order valence-electron chi connectivity index (χ1n) is 7.23. The van der Waals surface area contributed by atoms with Crippen molar-refractivity contribution in [2.75, 3.05) is 6.54 Å². The van der Waals surface area contributed by atoms with Crippen LogP contribution in [0, 0.1) is 5.92 Å². The molecule has 0 amide bonds. The van der Waals surface area contributed by atoms with Crippen LogP contribution in [0.1, 0.15) is 52.4 Å². The molecule has 4 nitrogen and oxygen atoms in total. The smallest absolute Gasteiger partial charge is 0.215 e. The third kappa shape index (κ3) is 3.93. The average molecular weight is 274 g/mol. The second kappa shape index (κ2) is 5.88. The van der Waals surface area contributed by atoms with E-state index in [0.717, 1.165) is 0 Å². The number of hydrogen-bond acceptors (Lipinski definition) is 3. The molecule has 2 saturated carbocycles. The van der Waals surface area contributed by atoms with Crippen LogP contribution in [0.2, 0.25) is 0 Å². The Hall–Kier alpha value is -0.130. The molecule has 0 aromatic rings. The van der Waals surface area contributed by atoms with Gasteiger partial charge in [-0.1, -0.05) is 12.8 Å². The number of hydrogen-bond donors (Lipinski definition) is 2. The Bertz CT molecular complexity index is 359. The number of rotatable bonds is 7. The molecule has 0 spiro atoms. The van der Waals surface area contributed by atoms with Crippen molar-refractivity contribution in [3.05, 3.63) is 0 Å². The van der Waals surface area contributed by atoms with E-state index in [1.165, 1.54) is 38.5 Å². The molecule has 2 unspecified atom stereocenters. The van der Waals surface area contributed by atoms with Crippen LogP contribution in [-0.4, -0.2) is 32.3 Å². The van der Waals surface area contributed by atoms with Gasteiger partial charge in [-0.05, 0) is 45.4 Å². The topological polar surface area (TPSA) is 58.2 Å². The molecule has 106 valence electrons. The largest absolute Gasteiger partial charge is 0.313 e. The molecular weight excluding hydrogens is 248 g/mol. The van der Waals surface area contributed by atoms with E-state index >= 15 is 0 Å². The summed E-state index contributed by atoms with van der Waals surface area (Å²) in [6, 6.07) is 0.649. The summed E-state index contributed by atoms with van der Waals surface area (Å²) < 4.78 is 27.2. The van der Waals surface area contributed by atoms with Crippen LogP contribution in [0.15, 0.2) is 0 Å². The van der Waals surface area contributed by atoms with Crippen molar-refractivity contribution in [3.8, 4) is 0 Å². The highest BCUT2D eigenvalue weighted by Gasteiger charge is 2.29. The maximum absolute atomic E-state index is 12.2. The van der Waals surface area contributed by atoms with E-state index in [1.807, 2.05) is 6.92 Å². The summed E-state index contributed by atoms with van der Waals surface area (Å²) in [5, 5.41) is 2.94. The zero-order chi connectivity index (χ0) is 13.2. The zero-order valence-corrected chi connectivity index (χ0v) is 12.3. The van der Waals surface area contributed by atoms with Gasteiger partial charge in [-0.25, -0.2) is 13.1 Å². The van der Waals surface area contributed by atoms with Crippen LogP contribution in [0.5, 0.6) is 0 Å². The van der Waals surface area contributed by atoms with E-state index in [-0.39, 0.29) is 11.3 Å². The van der Waals surface area contributed by atoms with Crippen LogP contribution in [-0.2, 0) is 10.0 Å². The maximum Gasteiger partial charge on any atom is 0.215 e. The fourth-order valence-corrected chi connectivity index (χ4v) is 3.92. The van der Waals surface area contributed by atoms with Gasteiger partial charge in [0.15, 0.2) is 0 Å². The predicted molar refractivity (Wildman–Crippen MR) is 74.0 cm³/mol. The molecule has 18 heavy (non-hydrogen) atoms. The van der Waals surface area contributed by atoms with E-state index in [2.05, 4.69) is 10.0 Å². The molecule has 2 rings (SSSR count). The van der Waals surface area contributed by atoms with Crippen molar-refractivity contribution in [3.63, 3.8) is 0 Å². The number of nitrogens with one attached hydrogen (secondary N) is 2. The second-order valence-corrected chi connectivity index (χ2v) is 8.12. The third-order valence-electron chi connectivity index (χ3n) is 4.26. The maximum atomic E-state index is 12.2. The third-order valence-corrected chi connectivity index (χ3v) is 6.18. The monoisotopic (exact) mass is 274 g/mol. The summed E-state index contributed by atoms with van der Waals surface area (Å²) in [6.07, 6.45) is 7.21. The van der Waals surface area contributed by atoms with Crippen molar-refractivity contribution in [1.29, 1.82) is 0 Å². The minimum Gasteiger partial charge on any atom is -0.313 e. The molecule has 2 fully saturated rings. The van der Waals surface area contributed by atoms with Gasteiger partial charge in [-0.15, -0.1) is 0 Å². The molecule has 0 aliphatic heterocycles. The minimum atomic E-state index is -3.18. The molecule has 0 bridgehead atoms. The predicted octanol–water partition coefficient (Wildman–Crippen LogP) is 1.62. The molecule has 0 heterocycles. The first kappa shape index (κ1) is 14.3. The van der Waals surface area contributed by atoms with Crippen molar-refractivity contribution < 1.29 is 8.42 Å². The first-order chi connectivity index (χ1) is 8.49. The van der Waals surface area contributed by atoms with Crippen molar-refractivity contribution in [2.24, 2.45) is 5.92 Å². The Kier molecular flexibility index (Phi) is 4.67. The van der Waals surface area contributed by atoms with Gasteiger partial charge in [-0.2, -0.15) is 0 Å². The van der Waals surface area contributed by atoms with Crippen LogP contribution in [0.25, 0.3) is 0 Å². The summed E-state index contributed by atoms with van der Waals surface area (Å²) >= 11 is 0. The molecule has 0 radical (unpaired) electrons. The van der Waals surface area contributed by atoms with E-state index in [9.17, 15) is 8.42 Å². The zero-order valence-electron chi connectivity index (χ0n) is 11.5. The lowest BCUT2D eigenvalue weighted by Gasteiger charge is -2.23. The molecule has 0 saturated heterocycles. The van der Waals surface area contributed by atoms with Gasteiger partial charge in [0.2, 0.25) is 10.0 Å². The van der Waals surface area contributed by atoms with Gasteiger partial charge < -0.3 is 5.32 Å². The molecule has 0 aromatic heterocycles. The van der Waals surface area contributed by atoms with Crippen molar-refractivity contribution >= 4 is 10.0 Å². The van der Waals surface area contributed by atoms with Crippen LogP contribution < -0.4 is 10.0 Å². The molecule has 5 heteroatoms. The van der Waals surface area contributed by atoms with Gasteiger partial charge in [0.25, 0.3) is 0 Å². The van der Waals surface area contributed by atoms with Gasteiger partial charge in [0.1, 0.15) is 0 Å². The molecule has 2 aliphatic carbocycles. The molecule has 0 aromatic carbocycles. The van der Waals surface area contributed by atoms with Crippen LogP contribution in [0.3, 0.4) is 0 Å². The standard InChI is InChI=1S/C13H26N2O2S/c1-10(9-14-13-7-8-13)18(16,17)15-11(2)12-5-3-4-6-12/h10-15H,3-9H2,1-2H3. The van der Waals surface area contributed by atoms with Crippen molar-refractivity contribution in [1.82, 2.24) is 10.0 Å². The summed E-state index contributed by atoms with van der Waals surface area (Å²) in [4.78, 5) is 0. The summed E-state index contributed by atoms with van der Waals surface area (Å²) in [5.41, 5.74) is 0. The highest BCUT2D eigenvalue weighted by Crippen LogP contribution is 2.28. The fraction of sp³-hybridized carbons (Fsp3) is 1.00. The van der Waals surface area contributed by atoms with E-state index < -0.39 is 10.0 Å². The highest BCUT2D eigenvalue weighted by atomic mass is 32.2. The quantitative estimate of drug-likeness (QED) is 0.742. The SMILES string of the molecule is CC(NS(=O)(=O)C(C)CNC1CC1)C1CCCC1. The summed E-state index contributed by atoms with van der Waals surface area (Å²) in [5.74, 6) is 0.531. The molecule has 2 N–H and O–H groups in total. The Balaban J connectivity index is 1.80. The van der Waals surface area contributed by atoms with E-state index in [0.29, 0.717) is 18.5 Å².